The third-order valence-electron chi connectivity index (χ3n) is 3.66. The Kier molecular flexibility index (Phi) is 4.42. The second kappa shape index (κ2) is 5.65. The van der Waals surface area contributed by atoms with Gasteiger partial charge in [0.15, 0.2) is 0 Å². The van der Waals surface area contributed by atoms with Crippen molar-refractivity contribution in [3.8, 4) is 0 Å². The van der Waals surface area contributed by atoms with Crippen molar-refractivity contribution in [2.45, 2.75) is 50.8 Å². The van der Waals surface area contributed by atoms with Crippen LogP contribution in [-0.2, 0) is 4.74 Å². The van der Waals surface area contributed by atoms with Crippen LogP contribution in [0.3, 0.4) is 0 Å². The Morgan fingerprint density at radius 2 is 2.29 bits per heavy atom. The molecular weight excluding hydrogens is 216 g/mol. The van der Waals surface area contributed by atoms with E-state index in [2.05, 4.69) is 24.1 Å². The zero-order valence-corrected chi connectivity index (χ0v) is 11.1. The molecule has 0 aromatic heterocycles. The number of nitrogens with zero attached hydrogens (tertiary/aromatic N) is 1. The number of rotatable bonds is 4. The molecule has 0 saturated carbocycles. The molecule has 0 aliphatic carbocycles. The molecule has 0 bridgehead atoms. The number of piperazine rings is 1. The van der Waals surface area contributed by atoms with E-state index >= 15 is 0 Å². The third-order valence-corrected chi connectivity index (χ3v) is 3.66. The molecule has 2 saturated heterocycles. The predicted octanol–water partition coefficient (Wildman–Crippen LogP) is 0.600. The van der Waals surface area contributed by atoms with E-state index in [1.54, 1.807) is 0 Å². The van der Waals surface area contributed by atoms with Crippen LogP contribution < -0.4 is 5.32 Å². The van der Waals surface area contributed by atoms with Crippen molar-refractivity contribution >= 4 is 0 Å². The molecule has 2 heterocycles. The zero-order chi connectivity index (χ0) is 12.3. The number of nitrogens with one attached hydrogen (secondary N) is 1. The Bertz CT molecular complexity index is 240. The van der Waals surface area contributed by atoms with Gasteiger partial charge < -0.3 is 15.2 Å². The average Bonchev–Trinajstić information content (AvgIpc) is 2.68. The molecular formula is C13H26N2O2. The van der Waals surface area contributed by atoms with Gasteiger partial charge in [-0.05, 0) is 33.1 Å². The molecule has 2 rings (SSSR count). The summed E-state index contributed by atoms with van der Waals surface area (Å²) in [5.74, 6) is 0. The molecule has 100 valence electrons. The fraction of sp³-hybridized carbons (Fsp3) is 1.00. The van der Waals surface area contributed by atoms with Gasteiger partial charge in [-0.3, -0.25) is 4.90 Å². The summed E-state index contributed by atoms with van der Waals surface area (Å²) in [6, 6.07) is 0.408. The Hall–Kier alpha value is -0.160. The molecule has 17 heavy (non-hydrogen) atoms. The van der Waals surface area contributed by atoms with E-state index in [1.165, 1.54) is 12.8 Å². The minimum absolute atomic E-state index is 0.136. The summed E-state index contributed by atoms with van der Waals surface area (Å²) in [5.41, 5.74) is 0.136. The largest absolute Gasteiger partial charge is 0.396 e. The molecule has 0 aromatic carbocycles. The van der Waals surface area contributed by atoms with Crippen LogP contribution in [0.25, 0.3) is 0 Å². The highest BCUT2D eigenvalue weighted by molar-refractivity contribution is 4.93. The maximum atomic E-state index is 9.08. The summed E-state index contributed by atoms with van der Waals surface area (Å²) in [7, 11) is 0. The van der Waals surface area contributed by atoms with Crippen molar-refractivity contribution in [3.05, 3.63) is 0 Å². The molecule has 4 nitrogen and oxygen atoms in total. The molecule has 2 aliphatic rings. The summed E-state index contributed by atoms with van der Waals surface area (Å²) in [6.07, 6.45) is 3.68. The van der Waals surface area contributed by atoms with Crippen LogP contribution in [0.5, 0.6) is 0 Å². The van der Waals surface area contributed by atoms with Gasteiger partial charge in [0.05, 0.1) is 6.10 Å². The predicted molar refractivity (Wildman–Crippen MR) is 68.1 cm³/mol. The second-order valence-corrected chi connectivity index (χ2v) is 6.07. The van der Waals surface area contributed by atoms with Gasteiger partial charge in [0, 0.05) is 44.4 Å². The van der Waals surface area contributed by atoms with Gasteiger partial charge in [0.2, 0.25) is 0 Å². The molecule has 0 spiro atoms. The molecule has 2 aliphatic heterocycles. The lowest BCUT2D eigenvalue weighted by molar-refractivity contribution is 0.0376. The van der Waals surface area contributed by atoms with Gasteiger partial charge in [-0.1, -0.05) is 0 Å². The van der Waals surface area contributed by atoms with E-state index in [0.717, 1.165) is 32.7 Å². The maximum Gasteiger partial charge on any atom is 0.0702 e. The van der Waals surface area contributed by atoms with E-state index in [9.17, 15) is 0 Å². The Balaban J connectivity index is 1.87. The van der Waals surface area contributed by atoms with Crippen LogP contribution >= 0.6 is 0 Å². The van der Waals surface area contributed by atoms with Crippen molar-refractivity contribution in [1.29, 1.82) is 0 Å². The number of aliphatic hydroxyl groups is 1. The normalized spacial score (nSPS) is 34.1. The smallest absolute Gasteiger partial charge is 0.0702 e. The van der Waals surface area contributed by atoms with Crippen molar-refractivity contribution < 1.29 is 9.84 Å². The van der Waals surface area contributed by atoms with Gasteiger partial charge in [-0.2, -0.15) is 0 Å². The topological polar surface area (TPSA) is 44.7 Å². The van der Waals surface area contributed by atoms with Gasteiger partial charge in [-0.15, -0.1) is 0 Å². The minimum Gasteiger partial charge on any atom is -0.396 e. The highest BCUT2D eigenvalue weighted by Gasteiger charge is 2.32. The van der Waals surface area contributed by atoms with Crippen LogP contribution in [0, 0.1) is 0 Å². The van der Waals surface area contributed by atoms with Gasteiger partial charge in [0.1, 0.15) is 0 Å². The van der Waals surface area contributed by atoms with Gasteiger partial charge in [0.25, 0.3) is 0 Å². The van der Waals surface area contributed by atoms with Crippen LogP contribution in [0.4, 0.5) is 0 Å². The zero-order valence-electron chi connectivity index (χ0n) is 11.1. The third kappa shape index (κ3) is 3.91. The van der Waals surface area contributed by atoms with Crippen molar-refractivity contribution in [3.63, 3.8) is 0 Å². The van der Waals surface area contributed by atoms with E-state index in [-0.39, 0.29) is 12.1 Å². The Labute approximate surface area is 104 Å². The lowest BCUT2D eigenvalue weighted by atomic mass is 9.97. The summed E-state index contributed by atoms with van der Waals surface area (Å²) in [4.78, 5) is 2.49. The van der Waals surface area contributed by atoms with E-state index in [4.69, 9.17) is 9.84 Å². The first kappa shape index (κ1) is 13.3. The molecule has 4 heteroatoms. The standard InChI is InChI=1S/C13H26N2O2/c1-13(2)10-15(8-11(14-13)5-6-16)9-12-4-3-7-17-12/h11-12,14,16H,3-10H2,1-2H3. The monoisotopic (exact) mass is 242 g/mol. The summed E-state index contributed by atoms with van der Waals surface area (Å²) >= 11 is 0. The van der Waals surface area contributed by atoms with Crippen LogP contribution in [0.2, 0.25) is 0 Å². The SMILES string of the molecule is CC1(C)CN(CC2CCCO2)CC(CCO)N1. The first-order valence-electron chi connectivity index (χ1n) is 6.81. The number of aliphatic hydroxyl groups excluding tert-OH is 1. The Morgan fingerprint density at radius 3 is 2.94 bits per heavy atom. The molecule has 2 N–H and O–H groups in total. The highest BCUT2D eigenvalue weighted by Crippen LogP contribution is 2.19. The van der Waals surface area contributed by atoms with Crippen LogP contribution in [0.15, 0.2) is 0 Å². The van der Waals surface area contributed by atoms with E-state index in [0.29, 0.717) is 12.1 Å². The lowest BCUT2D eigenvalue weighted by Crippen LogP contribution is -2.62. The molecule has 0 radical (unpaired) electrons. The van der Waals surface area contributed by atoms with Crippen molar-refractivity contribution in [2.24, 2.45) is 0 Å². The van der Waals surface area contributed by atoms with Gasteiger partial charge in [-0.25, -0.2) is 0 Å². The fourth-order valence-electron chi connectivity index (χ4n) is 3.11. The minimum atomic E-state index is 0.136. The Morgan fingerprint density at radius 1 is 1.47 bits per heavy atom. The molecule has 2 unspecified atom stereocenters. The number of ether oxygens (including phenoxy) is 1. The molecule has 0 aromatic rings. The molecule has 2 fully saturated rings. The fourth-order valence-corrected chi connectivity index (χ4v) is 3.11. The second-order valence-electron chi connectivity index (χ2n) is 6.07. The number of hydrogen-bond donors (Lipinski definition) is 2. The molecule has 0 amide bonds. The summed E-state index contributed by atoms with van der Waals surface area (Å²) < 4.78 is 5.71. The lowest BCUT2D eigenvalue weighted by Gasteiger charge is -2.44. The van der Waals surface area contributed by atoms with E-state index in [1.807, 2.05) is 0 Å². The maximum absolute atomic E-state index is 9.08. The molecule has 2 atom stereocenters. The van der Waals surface area contributed by atoms with Gasteiger partial charge >= 0.3 is 0 Å². The summed E-state index contributed by atoms with van der Waals surface area (Å²) in [5, 5.41) is 12.7. The van der Waals surface area contributed by atoms with E-state index < -0.39 is 0 Å². The summed E-state index contributed by atoms with van der Waals surface area (Å²) in [6.45, 7) is 8.81. The first-order chi connectivity index (χ1) is 8.09. The quantitative estimate of drug-likeness (QED) is 0.758. The average molecular weight is 242 g/mol. The van der Waals surface area contributed by atoms with Crippen molar-refractivity contribution in [1.82, 2.24) is 10.2 Å². The van der Waals surface area contributed by atoms with Crippen molar-refractivity contribution in [2.75, 3.05) is 32.8 Å². The first-order valence-corrected chi connectivity index (χ1v) is 6.81. The van der Waals surface area contributed by atoms with Crippen LogP contribution in [-0.4, -0.2) is 60.5 Å². The van der Waals surface area contributed by atoms with Crippen LogP contribution in [0.1, 0.15) is 33.1 Å². The number of hydrogen-bond acceptors (Lipinski definition) is 4. The highest BCUT2D eigenvalue weighted by atomic mass is 16.5.